The molecule has 1 aromatic rings. The Hall–Kier alpha value is -0.980. The Kier molecular flexibility index (Phi) is 3.99. The minimum atomic E-state index is 0.531. The summed E-state index contributed by atoms with van der Waals surface area (Å²) in [6.45, 7) is 9.39. The van der Waals surface area contributed by atoms with Gasteiger partial charge in [0.1, 0.15) is 0 Å². The van der Waals surface area contributed by atoms with E-state index in [0.29, 0.717) is 11.5 Å². The molecule has 0 saturated heterocycles. The number of benzene rings is 1. The molecule has 0 spiro atoms. The van der Waals surface area contributed by atoms with Crippen molar-refractivity contribution in [2.75, 3.05) is 5.32 Å². The fraction of sp³-hybridized carbons (Fsp3) is 0.647. The van der Waals surface area contributed by atoms with E-state index >= 15 is 0 Å². The van der Waals surface area contributed by atoms with Crippen molar-refractivity contribution in [1.82, 2.24) is 0 Å². The van der Waals surface area contributed by atoms with Crippen LogP contribution in [0, 0.1) is 11.3 Å². The molecular formula is C17H27N. The number of rotatable bonds is 3. The normalized spacial score (nSPS) is 26.9. The molecule has 0 aromatic heterocycles. The largest absolute Gasteiger partial charge is 0.382 e. The summed E-state index contributed by atoms with van der Waals surface area (Å²) in [6.07, 6.45) is 5.08. The Balaban J connectivity index is 1.97. The summed E-state index contributed by atoms with van der Waals surface area (Å²) < 4.78 is 0. The van der Waals surface area contributed by atoms with Crippen LogP contribution in [0.5, 0.6) is 0 Å². The van der Waals surface area contributed by atoms with Crippen LogP contribution in [0.2, 0.25) is 0 Å². The number of hydrogen-bond donors (Lipinski definition) is 1. The van der Waals surface area contributed by atoms with Crippen molar-refractivity contribution >= 4 is 5.69 Å². The zero-order valence-electron chi connectivity index (χ0n) is 12.3. The van der Waals surface area contributed by atoms with Crippen molar-refractivity contribution in [2.24, 2.45) is 11.3 Å². The van der Waals surface area contributed by atoms with E-state index in [2.05, 4.69) is 57.3 Å². The highest BCUT2D eigenvalue weighted by Gasteiger charge is 2.32. The minimum Gasteiger partial charge on any atom is -0.382 e. The quantitative estimate of drug-likeness (QED) is 0.800. The maximum Gasteiger partial charge on any atom is 0.0342 e. The van der Waals surface area contributed by atoms with E-state index in [1.54, 1.807) is 0 Å². The number of anilines is 1. The van der Waals surface area contributed by atoms with Crippen LogP contribution in [0.4, 0.5) is 5.69 Å². The predicted molar refractivity (Wildman–Crippen MR) is 80.0 cm³/mol. The van der Waals surface area contributed by atoms with Gasteiger partial charge in [0.05, 0.1) is 0 Å². The van der Waals surface area contributed by atoms with Gasteiger partial charge in [0.25, 0.3) is 0 Å². The molecule has 1 nitrogen and oxygen atoms in total. The van der Waals surface area contributed by atoms with E-state index in [1.807, 2.05) is 0 Å². The van der Waals surface area contributed by atoms with Crippen molar-refractivity contribution in [3.8, 4) is 0 Å². The van der Waals surface area contributed by atoms with Crippen molar-refractivity contribution in [3.63, 3.8) is 0 Å². The van der Waals surface area contributed by atoms with Gasteiger partial charge >= 0.3 is 0 Å². The molecule has 18 heavy (non-hydrogen) atoms. The zero-order chi connectivity index (χ0) is 13.2. The van der Waals surface area contributed by atoms with Crippen LogP contribution in [-0.4, -0.2) is 6.04 Å². The van der Waals surface area contributed by atoms with Gasteiger partial charge in [-0.05, 0) is 54.7 Å². The summed E-state index contributed by atoms with van der Waals surface area (Å²) in [6, 6.07) is 9.57. The number of hydrogen-bond acceptors (Lipinski definition) is 1. The molecule has 1 saturated carbocycles. The summed E-state index contributed by atoms with van der Waals surface area (Å²) in [5, 5.41) is 3.72. The second-order valence-electron chi connectivity index (χ2n) is 6.69. The van der Waals surface area contributed by atoms with Gasteiger partial charge in [-0.1, -0.05) is 39.8 Å². The van der Waals surface area contributed by atoms with Gasteiger partial charge in [-0.25, -0.2) is 0 Å². The van der Waals surface area contributed by atoms with Gasteiger partial charge in [0.2, 0.25) is 0 Å². The second-order valence-corrected chi connectivity index (χ2v) is 6.69. The van der Waals surface area contributed by atoms with Gasteiger partial charge in [0, 0.05) is 11.7 Å². The van der Waals surface area contributed by atoms with Crippen molar-refractivity contribution < 1.29 is 0 Å². The molecule has 100 valence electrons. The lowest BCUT2D eigenvalue weighted by molar-refractivity contribution is 0.177. The van der Waals surface area contributed by atoms with Crippen LogP contribution in [0.15, 0.2) is 24.3 Å². The van der Waals surface area contributed by atoms with Gasteiger partial charge < -0.3 is 5.32 Å². The van der Waals surface area contributed by atoms with Gasteiger partial charge in [-0.2, -0.15) is 0 Å². The first-order chi connectivity index (χ1) is 8.50. The summed E-state index contributed by atoms with van der Waals surface area (Å²) in [5.41, 5.74) is 3.23. The third-order valence-corrected chi connectivity index (χ3v) is 4.41. The van der Waals surface area contributed by atoms with E-state index in [9.17, 15) is 0 Å². The molecule has 0 bridgehead atoms. The maximum atomic E-state index is 3.72. The Morgan fingerprint density at radius 3 is 2.44 bits per heavy atom. The first-order valence-electron chi connectivity index (χ1n) is 7.35. The third kappa shape index (κ3) is 3.28. The van der Waals surface area contributed by atoms with E-state index in [1.165, 1.54) is 30.5 Å². The molecule has 1 aromatic carbocycles. The molecule has 2 atom stereocenters. The maximum absolute atomic E-state index is 3.72. The smallest absolute Gasteiger partial charge is 0.0342 e. The monoisotopic (exact) mass is 245 g/mol. The molecule has 1 N–H and O–H groups in total. The summed E-state index contributed by atoms with van der Waals surface area (Å²) >= 11 is 0. The van der Waals surface area contributed by atoms with Crippen molar-refractivity contribution in [3.05, 3.63) is 29.8 Å². The number of aryl methyl sites for hydroxylation is 1. The lowest BCUT2D eigenvalue weighted by Gasteiger charge is -2.40. The molecule has 0 amide bonds. The van der Waals surface area contributed by atoms with Gasteiger partial charge in [-0.15, -0.1) is 0 Å². The van der Waals surface area contributed by atoms with E-state index in [4.69, 9.17) is 0 Å². The fourth-order valence-electron chi connectivity index (χ4n) is 3.21. The first kappa shape index (κ1) is 13.5. The van der Waals surface area contributed by atoms with Crippen molar-refractivity contribution in [1.29, 1.82) is 0 Å². The van der Waals surface area contributed by atoms with E-state index in [0.717, 1.165) is 12.3 Å². The third-order valence-electron chi connectivity index (χ3n) is 4.41. The Morgan fingerprint density at radius 2 is 1.89 bits per heavy atom. The summed E-state index contributed by atoms with van der Waals surface area (Å²) in [7, 11) is 0. The van der Waals surface area contributed by atoms with Gasteiger partial charge in [0.15, 0.2) is 0 Å². The molecular weight excluding hydrogens is 218 g/mol. The SMILES string of the molecule is CCc1ccc(NC2CCC(C)(C)CC2C)cc1. The molecule has 0 aliphatic heterocycles. The molecule has 1 aliphatic rings. The molecule has 0 heterocycles. The van der Waals surface area contributed by atoms with E-state index in [-0.39, 0.29) is 0 Å². The van der Waals surface area contributed by atoms with Crippen LogP contribution < -0.4 is 5.32 Å². The zero-order valence-corrected chi connectivity index (χ0v) is 12.3. The second kappa shape index (κ2) is 5.34. The fourth-order valence-corrected chi connectivity index (χ4v) is 3.21. The topological polar surface area (TPSA) is 12.0 Å². The molecule has 2 rings (SSSR count). The molecule has 2 unspecified atom stereocenters. The van der Waals surface area contributed by atoms with Gasteiger partial charge in [-0.3, -0.25) is 0 Å². The van der Waals surface area contributed by atoms with Crippen molar-refractivity contribution in [2.45, 2.75) is 59.4 Å². The average molecular weight is 245 g/mol. The summed E-state index contributed by atoms with van der Waals surface area (Å²) in [4.78, 5) is 0. The Bertz CT molecular complexity index is 377. The van der Waals surface area contributed by atoms with E-state index < -0.39 is 0 Å². The molecule has 1 heteroatoms. The minimum absolute atomic E-state index is 0.531. The Labute approximate surface area is 112 Å². The van der Waals surface area contributed by atoms with Crippen LogP contribution >= 0.6 is 0 Å². The molecule has 1 aliphatic carbocycles. The standard InChI is InChI=1S/C17H27N/c1-5-14-6-8-15(9-7-14)18-16-10-11-17(3,4)12-13(16)2/h6-9,13,16,18H,5,10-12H2,1-4H3. The summed E-state index contributed by atoms with van der Waals surface area (Å²) in [5.74, 6) is 0.764. The number of nitrogens with one attached hydrogen (secondary N) is 1. The highest BCUT2D eigenvalue weighted by molar-refractivity contribution is 5.45. The van der Waals surface area contributed by atoms with Crippen LogP contribution in [-0.2, 0) is 6.42 Å². The molecule has 1 fully saturated rings. The van der Waals surface area contributed by atoms with Crippen LogP contribution in [0.1, 0.15) is 52.5 Å². The molecule has 0 radical (unpaired) electrons. The highest BCUT2D eigenvalue weighted by atomic mass is 14.9. The Morgan fingerprint density at radius 1 is 1.22 bits per heavy atom. The average Bonchev–Trinajstić information content (AvgIpc) is 2.33. The lowest BCUT2D eigenvalue weighted by Crippen LogP contribution is -2.36. The lowest BCUT2D eigenvalue weighted by atomic mass is 9.70. The first-order valence-corrected chi connectivity index (χ1v) is 7.35. The van der Waals surface area contributed by atoms with Crippen LogP contribution in [0.25, 0.3) is 0 Å². The highest BCUT2D eigenvalue weighted by Crippen LogP contribution is 2.39. The predicted octanol–water partition coefficient (Wildman–Crippen LogP) is 4.88. The van der Waals surface area contributed by atoms with Crippen LogP contribution in [0.3, 0.4) is 0 Å².